The standard InChI is InChI=1S/C17H27NO3/c1-2-20-13-15-8-10-18(11-9-15)12-16(19)14-21-17-6-4-3-5-7-17/h3-7,15-16,19H,2,8-14H2,1H3. The molecule has 0 spiro atoms. The number of β-amino-alcohol motifs (C(OH)–C–C–N with tert-alkyl or cyclic N) is 1. The highest BCUT2D eigenvalue weighted by Gasteiger charge is 2.21. The monoisotopic (exact) mass is 293 g/mol. The first-order valence-electron chi connectivity index (χ1n) is 7.94. The summed E-state index contributed by atoms with van der Waals surface area (Å²) in [5.74, 6) is 1.49. The molecule has 4 heteroatoms. The fourth-order valence-electron chi connectivity index (χ4n) is 2.68. The molecule has 1 aromatic carbocycles. The van der Waals surface area contributed by atoms with Gasteiger partial charge in [0.25, 0.3) is 0 Å². The molecule has 4 nitrogen and oxygen atoms in total. The lowest BCUT2D eigenvalue weighted by atomic mass is 9.97. The first-order chi connectivity index (χ1) is 10.3. The molecule has 1 saturated heterocycles. The Kier molecular flexibility index (Phi) is 7.00. The highest BCUT2D eigenvalue weighted by atomic mass is 16.5. The second kappa shape index (κ2) is 9.03. The van der Waals surface area contributed by atoms with Crippen molar-refractivity contribution in [3.05, 3.63) is 30.3 Å². The van der Waals surface area contributed by atoms with E-state index >= 15 is 0 Å². The van der Waals surface area contributed by atoms with Gasteiger partial charge in [-0.05, 0) is 50.9 Å². The zero-order valence-electron chi connectivity index (χ0n) is 12.9. The van der Waals surface area contributed by atoms with Crippen molar-refractivity contribution in [2.24, 2.45) is 5.92 Å². The molecule has 1 aliphatic rings. The summed E-state index contributed by atoms with van der Waals surface area (Å²) in [7, 11) is 0. The van der Waals surface area contributed by atoms with E-state index in [4.69, 9.17) is 9.47 Å². The third kappa shape index (κ3) is 6.04. The lowest BCUT2D eigenvalue weighted by molar-refractivity contribution is 0.0379. The van der Waals surface area contributed by atoms with E-state index in [1.165, 1.54) is 0 Å². The Bertz CT molecular complexity index is 377. The van der Waals surface area contributed by atoms with Gasteiger partial charge < -0.3 is 19.5 Å². The summed E-state index contributed by atoms with van der Waals surface area (Å²) in [6.07, 6.45) is 1.88. The molecular formula is C17H27NO3. The fraction of sp³-hybridized carbons (Fsp3) is 0.647. The number of rotatable bonds is 8. The number of aliphatic hydroxyl groups excluding tert-OH is 1. The highest BCUT2D eigenvalue weighted by Crippen LogP contribution is 2.17. The number of likely N-dealkylation sites (tertiary alicyclic amines) is 1. The zero-order valence-corrected chi connectivity index (χ0v) is 12.9. The smallest absolute Gasteiger partial charge is 0.119 e. The van der Waals surface area contributed by atoms with Crippen LogP contribution in [0.25, 0.3) is 0 Å². The molecule has 0 bridgehead atoms. The van der Waals surface area contributed by atoms with Crippen molar-refractivity contribution in [1.29, 1.82) is 0 Å². The van der Waals surface area contributed by atoms with Gasteiger partial charge in [0.2, 0.25) is 0 Å². The fourth-order valence-corrected chi connectivity index (χ4v) is 2.68. The summed E-state index contributed by atoms with van der Waals surface area (Å²) < 4.78 is 11.1. The van der Waals surface area contributed by atoms with Crippen LogP contribution in [0.15, 0.2) is 30.3 Å². The van der Waals surface area contributed by atoms with Crippen LogP contribution >= 0.6 is 0 Å². The molecule has 1 aromatic rings. The summed E-state index contributed by atoms with van der Waals surface area (Å²) in [6, 6.07) is 9.64. The van der Waals surface area contributed by atoms with Gasteiger partial charge in [0.1, 0.15) is 18.5 Å². The van der Waals surface area contributed by atoms with Gasteiger partial charge in [0.15, 0.2) is 0 Å². The van der Waals surface area contributed by atoms with Crippen molar-refractivity contribution in [3.8, 4) is 5.75 Å². The number of hydrogen-bond donors (Lipinski definition) is 1. The predicted octanol–water partition coefficient (Wildman–Crippen LogP) is 2.17. The SMILES string of the molecule is CCOCC1CCN(CC(O)COc2ccccc2)CC1. The van der Waals surface area contributed by atoms with E-state index in [0.29, 0.717) is 19.1 Å². The van der Waals surface area contributed by atoms with Crippen molar-refractivity contribution in [2.75, 3.05) is 39.5 Å². The van der Waals surface area contributed by atoms with Crippen LogP contribution in [0.2, 0.25) is 0 Å². The molecule has 21 heavy (non-hydrogen) atoms. The van der Waals surface area contributed by atoms with E-state index < -0.39 is 6.10 Å². The van der Waals surface area contributed by atoms with Crippen LogP contribution in [0.1, 0.15) is 19.8 Å². The molecule has 1 N–H and O–H groups in total. The first kappa shape index (κ1) is 16.3. The van der Waals surface area contributed by atoms with Gasteiger partial charge in [-0.25, -0.2) is 0 Å². The second-order valence-corrected chi connectivity index (χ2v) is 5.68. The Labute approximate surface area is 127 Å². The number of hydrogen-bond acceptors (Lipinski definition) is 4. The van der Waals surface area contributed by atoms with Crippen LogP contribution in [0, 0.1) is 5.92 Å². The van der Waals surface area contributed by atoms with E-state index in [-0.39, 0.29) is 0 Å². The maximum atomic E-state index is 10.1. The molecule has 0 aliphatic carbocycles. The Hall–Kier alpha value is -1.10. The minimum absolute atomic E-state index is 0.350. The summed E-state index contributed by atoms with van der Waals surface area (Å²) in [4.78, 5) is 2.32. The third-order valence-electron chi connectivity index (χ3n) is 3.92. The number of ether oxygens (including phenoxy) is 2. The molecular weight excluding hydrogens is 266 g/mol. The van der Waals surface area contributed by atoms with Crippen LogP contribution in [0.3, 0.4) is 0 Å². The van der Waals surface area contributed by atoms with Crippen LogP contribution in [0.4, 0.5) is 0 Å². The quantitative estimate of drug-likeness (QED) is 0.797. The second-order valence-electron chi connectivity index (χ2n) is 5.68. The molecule has 1 unspecified atom stereocenters. The number of aliphatic hydroxyl groups is 1. The largest absolute Gasteiger partial charge is 0.491 e. The normalized spacial score (nSPS) is 18.6. The van der Waals surface area contributed by atoms with Crippen LogP contribution in [-0.2, 0) is 4.74 Å². The number of nitrogens with zero attached hydrogens (tertiary/aromatic N) is 1. The summed E-state index contributed by atoms with van der Waals surface area (Å²) in [6.45, 7) is 6.84. The van der Waals surface area contributed by atoms with Gasteiger partial charge in [-0.2, -0.15) is 0 Å². The molecule has 0 saturated carbocycles. The lowest BCUT2D eigenvalue weighted by Gasteiger charge is -2.32. The average molecular weight is 293 g/mol. The number of piperidine rings is 1. The Morgan fingerprint density at radius 2 is 1.95 bits per heavy atom. The van der Waals surface area contributed by atoms with E-state index in [0.717, 1.165) is 44.9 Å². The van der Waals surface area contributed by atoms with Crippen molar-refractivity contribution in [1.82, 2.24) is 4.90 Å². The van der Waals surface area contributed by atoms with E-state index in [1.807, 2.05) is 37.3 Å². The summed E-state index contributed by atoms with van der Waals surface area (Å²) >= 11 is 0. The molecule has 0 aromatic heterocycles. The van der Waals surface area contributed by atoms with Crippen LogP contribution in [-0.4, -0.2) is 55.6 Å². The maximum Gasteiger partial charge on any atom is 0.119 e. The number of para-hydroxylation sites is 1. The lowest BCUT2D eigenvalue weighted by Crippen LogP contribution is -2.41. The van der Waals surface area contributed by atoms with Gasteiger partial charge in [-0.1, -0.05) is 18.2 Å². The third-order valence-corrected chi connectivity index (χ3v) is 3.92. The average Bonchev–Trinajstić information content (AvgIpc) is 2.53. The van der Waals surface area contributed by atoms with Crippen molar-refractivity contribution in [3.63, 3.8) is 0 Å². The van der Waals surface area contributed by atoms with E-state index in [9.17, 15) is 5.11 Å². The maximum absolute atomic E-state index is 10.1. The van der Waals surface area contributed by atoms with Gasteiger partial charge in [-0.3, -0.25) is 0 Å². The summed E-state index contributed by atoms with van der Waals surface area (Å²) in [5, 5.41) is 10.1. The van der Waals surface area contributed by atoms with Gasteiger partial charge in [-0.15, -0.1) is 0 Å². The topological polar surface area (TPSA) is 41.9 Å². The predicted molar refractivity (Wildman–Crippen MR) is 83.6 cm³/mol. The van der Waals surface area contributed by atoms with Crippen LogP contribution in [0.5, 0.6) is 5.75 Å². The van der Waals surface area contributed by atoms with Gasteiger partial charge >= 0.3 is 0 Å². The van der Waals surface area contributed by atoms with Crippen molar-refractivity contribution >= 4 is 0 Å². The van der Waals surface area contributed by atoms with Crippen LogP contribution < -0.4 is 4.74 Å². The molecule has 1 heterocycles. The Balaban J connectivity index is 1.61. The number of benzene rings is 1. The minimum atomic E-state index is -0.436. The molecule has 1 aliphatic heterocycles. The van der Waals surface area contributed by atoms with Gasteiger partial charge in [0.05, 0.1) is 0 Å². The molecule has 1 atom stereocenters. The zero-order chi connectivity index (χ0) is 14.9. The van der Waals surface area contributed by atoms with Gasteiger partial charge in [0, 0.05) is 19.8 Å². The molecule has 2 rings (SSSR count). The highest BCUT2D eigenvalue weighted by molar-refractivity contribution is 5.20. The van der Waals surface area contributed by atoms with E-state index in [2.05, 4.69) is 4.90 Å². The molecule has 0 radical (unpaired) electrons. The Morgan fingerprint density at radius 1 is 1.24 bits per heavy atom. The first-order valence-corrected chi connectivity index (χ1v) is 7.94. The summed E-state index contributed by atoms with van der Waals surface area (Å²) in [5.41, 5.74) is 0. The minimum Gasteiger partial charge on any atom is -0.491 e. The molecule has 0 amide bonds. The molecule has 1 fully saturated rings. The Morgan fingerprint density at radius 3 is 2.62 bits per heavy atom. The van der Waals surface area contributed by atoms with Crippen molar-refractivity contribution in [2.45, 2.75) is 25.9 Å². The van der Waals surface area contributed by atoms with Crippen molar-refractivity contribution < 1.29 is 14.6 Å². The molecule has 118 valence electrons. The van der Waals surface area contributed by atoms with E-state index in [1.54, 1.807) is 0 Å².